The van der Waals surface area contributed by atoms with Crippen LogP contribution >= 0.6 is 22.9 Å². The second kappa shape index (κ2) is 11.8. The van der Waals surface area contributed by atoms with Crippen LogP contribution in [0.5, 0.6) is 0 Å². The van der Waals surface area contributed by atoms with E-state index < -0.39 is 5.82 Å². The molecule has 0 atom stereocenters. The Labute approximate surface area is 214 Å². The van der Waals surface area contributed by atoms with Gasteiger partial charge < -0.3 is 20.4 Å². The van der Waals surface area contributed by atoms with Gasteiger partial charge in [-0.15, -0.1) is 11.3 Å². The monoisotopic (exact) mass is 516 g/mol. The summed E-state index contributed by atoms with van der Waals surface area (Å²) in [5.41, 5.74) is 1.42. The van der Waals surface area contributed by atoms with Crippen molar-refractivity contribution in [1.29, 1.82) is 0 Å². The molecule has 1 aromatic carbocycles. The van der Waals surface area contributed by atoms with Crippen LogP contribution in [0.3, 0.4) is 0 Å². The summed E-state index contributed by atoms with van der Waals surface area (Å²) in [4.78, 5) is 27.8. The Morgan fingerprint density at radius 3 is 2.74 bits per heavy atom. The lowest BCUT2D eigenvalue weighted by atomic mass is 10.1. The van der Waals surface area contributed by atoms with Gasteiger partial charge in [0, 0.05) is 36.4 Å². The third-order valence-corrected chi connectivity index (χ3v) is 7.16. The lowest BCUT2D eigenvalue weighted by Crippen LogP contribution is -2.35. The summed E-state index contributed by atoms with van der Waals surface area (Å²) >= 11 is 7.37. The number of halogens is 2. The maximum atomic E-state index is 13.5. The second-order valence-corrected chi connectivity index (χ2v) is 10.3. The van der Waals surface area contributed by atoms with Crippen molar-refractivity contribution < 1.29 is 9.18 Å². The molecule has 1 aliphatic rings. The van der Waals surface area contributed by atoms with Crippen molar-refractivity contribution in [1.82, 2.24) is 19.8 Å². The number of rotatable bonds is 9. The van der Waals surface area contributed by atoms with Gasteiger partial charge in [-0.05, 0) is 76.7 Å². The molecule has 0 radical (unpaired) electrons. The zero-order valence-electron chi connectivity index (χ0n) is 20.0. The number of nitrogens with zero attached hydrogens (tertiary/aromatic N) is 4. The summed E-state index contributed by atoms with van der Waals surface area (Å²) in [5, 5.41) is 6.54. The molecule has 2 N–H and O–H groups in total. The number of thiophene rings is 1. The van der Waals surface area contributed by atoms with E-state index in [2.05, 4.69) is 25.5 Å². The predicted octanol–water partition coefficient (Wildman–Crippen LogP) is 5.73. The molecule has 2 aromatic heterocycles. The topological polar surface area (TPSA) is 73.4 Å². The van der Waals surface area contributed by atoms with Gasteiger partial charge in [0.25, 0.3) is 5.91 Å². The number of nitrogens with one attached hydrogen (secondary N) is 2. The molecule has 0 aliphatic carbocycles. The van der Waals surface area contributed by atoms with Crippen molar-refractivity contribution >= 4 is 46.3 Å². The molecule has 0 bridgehead atoms. The van der Waals surface area contributed by atoms with Crippen LogP contribution in [0.1, 0.15) is 35.4 Å². The van der Waals surface area contributed by atoms with E-state index >= 15 is 0 Å². The molecule has 1 fully saturated rings. The van der Waals surface area contributed by atoms with Crippen molar-refractivity contribution in [2.45, 2.75) is 25.7 Å². The summed E-state index contributed by atoms with van der Waals surface area (Å²) in [6.45, 7) is 3.32. The quantitative estimate of drug-likeness (QED) is 0.354. The highest BCUT2D eigenvalue weighted by Crippen LogP contribution is 2.34. The molecule has 35 heavy (non-hydrogen) atoms. The number of carbonyl (C=O) groups excluding carboxylic acids is 1. The Bertz CT molecular complexity index is 1160. The fourth-order valence-corrected chi connectivity index (χ4v) is 5.08. The van der Waals surface area contributed by atoms with Crippen molar-refractivity contribution in [2.75, 3.05) is 50.9 Å². The molecule has 7 nitrogen and oxygen atoms in total. The van der Waals surface area contributed by atoms with Crippen molar-refractivity contribution in [3.8, 4) is 10.4 Å². The van der Waals surface area contributed by atoms with E-state index in [4.69, 9.17) is 11.6 Å². The van der Waals surface area contributed by atoms with Crippen LogP contribution in [0, 0.1) is 5.82 Å². The first kappa shape index (κ1) is 25.3. The number of hydrogen-bond donors (Lipinski definition) is 2. The number of carbonyl (C=O) groups is 1. The molecule has 0 saturated carbocycles. The fourth-order valence-electron chi connectivity index (χ4n) is 3.91. The lowest BCUT2D eigenvalue weighted by Gasteiger charge is -2.26. The number of anilines is 3. The standard InChI is InChI=1S/C25H30ClFN6OS/c1-32(2)12-6-11-28-23-18(16-29-25(31-23)30-17-7-8-20(27)19(26)15-17)21-9-10-22(35-21)24(34)33-13-4-3-5-14-33/h7-10,15-16H,3-6,11-14H2,1-2H3,(H2,28,29,30,31). The van der Waals surface area contributed by atoms with Crippen molar-refractivity contribution in [2.24, 2.45) is 0 Å². The van der Waals surface area contributed by atoms with E-state index in [0.717, 1.165) is 60.8 Å². The first-order valence-corrected chi connectivity index (χ1v) is 13.0. The predicted molar refractivity (Wildman–Crippen MR) is 141 cm³/mol. The summed E-state index contributed by atoms with van der Waals surface area (Å²) in [7, 11) is 4.08. The van der Waals surface area contributed by atoms with E-state index in [-0.39, 0.29) is 10.9 Å². The molecule has 1 saturated heterocycles. The largest absolute Gasteiger partial charge is 0.369 e. The molecule has 1 aliphatic heterocycles. The Morgan fingerprint density at radius 1 is 1.20 bits per heavy atom. The minimum atomic E-state index is -0.482. The van der Waals surface area contributed by atoms with Gasteiger partial charge in [-0.1, -0.05) is 11.6 Å². The Kier molecular flexibility index (Phi) is 8.54. The van der Waals surface area contributed by atoms with E-state index in [9.17, 15) is 9.18 Å². The minimum absolute atomic E-state index is 0.0261. The molecule has 0 unspecified atom stereocenters. The summed E-state index contributed by atoms with van der Waals surface area (Å²) in [5.74, 6) is 0.652. The molecular weight excluding hydrogens is 487 g/mol. The van der Waals surface area contributed by atoms with Gasteiger partial charge in [-0.2, -0.15) is 4.98 Å². The van der Waals surface area contributed by atoms with E-state index in [1.54, 1.807) is 12.3 Å². The lowest BCUT2D eigenvalue weighted by molar-refractivity contribution is 0.0729. The number of hydrogen-bond acceptors (Lipinski definition) is 7. The first-order valence-electron chi connectivity index (χ1n) is 11.8. The second-order valence-electron chi connectivity index (χ2n) is 8.81. The van der Waals surface area contributed by atoms with E-state index in [1.165, 1.54) is 29.9 Å². The zero-order valence-corrected chi connectivity index (χ0v) is 21.6. The number of aromatic nitrogens is 2. The van der Waals surface area contributed by atoms with Crippen LogP contribution in [0.4, 0.5) is 21.8 Å². The van der Waals surface area contributed by atoms with Gasteiger partial charge in [0.2, 0.25) is 5.95 Å². The summed E-state index contributed by atoms with van der Waals surface area (Å²) < 4.78 is 13.5. The summed E-state index contributed by atoms with van der Waals surface area (Å²) in [6.07, 6.45) is 5.99. The first-order chi connectivity index (χ1) is 16.9. The number of amides is 1. The summed E-state index contributed by atoms with van der Waals surface area (Å²) in [6, 6.07) is 8.22. The van der Waals surface area contributed by atoms with E-state index in [0.29, 0.717) is 17.5 Å². The third kappa shape index (κ3) is 6.68. The highest BCUT2D eigenvalue weighted by molar-refractivity contribution is 7.17. The van der Waals surface area contributed by atoms with Gasteiger partial charge in [0.05, 0.1) is 15.5 Å². The van der Waals surface area contributed by atoms with Gasteiger partial charge in [0.15, 0.2) is 0 Å². The maximum absolute atomic E-state index is 13.5. The molecule has 0 spiro atoms. The molecule has 10 heteroatoms. The number of likely N-dealkylation sites (tertiary alicyclic amines) is 1. The molecule has 3 aromatic rings. The van der Waals surface area contributed by atoms with Crippen molar-refractivity contribution in [3.63, 3.8) is 0 Å². The van der Waals surface area contributed by atoms with Crippen LogP contribution in [0.15, 0.2) is 36.5 Å². The number of piperidine rings is 1. The van der Waals surface area contributed by atoms with Gasteiger partial charge in [0.1, 0.15) is 11.6 Å². The average molecular weight is 517 g/mol. The van der Waals surface area contributed by atoms with Crippen LogP contribution in [0.25, 0.3) is 10.4 Å². The average Bonchev–Trinajstić information content (AvgIpc) is 3.34. The Hall–Kier alpha value is -2.75. The molecule has 4 rings (SSSR count). The molecule has 1 amide bonds. The highest BCUT2D eigenvalue weighted by Gasteiger charge is 2.21. The zero-order chi connectivity index (χ0) is 24.8. The highest BCUT2D eigenvalue weighted by atomic mass is 35.5. The third-order valence-electron chi connectivity index (χ3n) is 5.76. The molecule has 186 valence electrons. The fraction of sp³-hybridized carbons (Fsp3) is 0.400. The van der Waals surface area contributed by atoms with Crippen LogP contribution in [-0.2, 0) is 0 Å². The smallest absolute Gasteiger partial charge is 0.263 e. The Morgan fingerprint density at radius 2 is 2.00 bits per heavy atom. The minimum Gasteiger partial charge on any atom is -0.369 e. The normalized spacial score (nSPS) is 13.8. The van der Waals surface area contributed by atoms with E-state index in [1.807, 2.05) is 31.1 Å². The van der Waals surface area contributed by atoms with Gasteiger partial charge in [-0.3, -0.25) is 4.79 Å². The Balaban J connectivity index is 1.56. The van der Waals surface area contributed by atoms with Crippen LogP contribution < -0.4 is 10.6 Å². The molecular formula is C25H30ClFN6OS. The van der Waals surface area contributed by atoms with Gasteiger partial charge in [-0.25, -0.2) is 9.37 Å². The molecule has 3 heterocycles. The van der Waals surface area contributed by atoms with Crippen LogP contribution in [0.2, 0.25) is 5.02 Å². The van der Waals surface area contributed by atoms with Gasteiger partial charge >= 0.3 is 0 Å². The van der Waals surface area contributed by atoms with Crippen LogP contribution in [-0.4, -0.2) is 65.9 Å². The number of benzene rings is 1. The van der Waals surface area contributed by atoms with Crippen molar-refractivity contribution in [3.05, 3.63) is 52.2 Å². The maximum Gasteiger partial charge on any atom is 0.263 e. The SMILES string of the molecule is CN(C)CCCNc1nc(Nc2ccc(F)c(Cl)c2)ncc1-c1ccc(C(=O)N2CCCCC2)s1.